The first-order valence-electron chi connectivity index (χ1n) is 12.2. The second-order valence-electron chi connectivity index (χ2n) is 9.02. The lowest BCUT2D eigenvalue weighted by Crippen LogP contribution is -2.56. The zero-order valence-electron chi connectivity index (χ0n) is 20.9. The lowest BCUT2D eigenvalue weighted by molar-refractivity contribution is -0.132. The van der Waals surface area contributed by atoms with Gasteiger partial charge in [-0.1, -0.05) is 24.3 Å². The lowest BCUT2D eigenvalue weighted by Gasteiger charge is -2.38. The number of rotatable bonds is 11. The molecular weight excluding hydrogens is 490 g/mol. The standard InChI is InChI=1S/C27H28F2N8O/c1-31-14-21(12-30)20-4-2-19(3-5-20)13-32-25-11-23(34-18-35-25)24-15-33-26-10-22(6-7-37(24)26)38-9-8-36-16-27(28,29)17-36/h2-7,10-12,14-15,18,30-31H,8-9,13,16-17H2,1H3,(H,32,34,35)/b21-14+,30-12?. The van der Waals surface area contributed by atoms with Crippen LogP contribution >= 0.6 is 0 Å². The van der Waals surface area contributed by atoms with Crippen molar-refractivity contribution in [2.45, 2.75) is 12.5 Å². The van der Waals surface area contributed by atoms with Crippen LogP contribution in [0.4, 0.5) is 14.6 Å². The zero-order chi connectivity index (χ0) is 26.5. The fourth-order valence-electron chi connectivity index (χ4n) is 4.27. The first-order chi connectivity index (χ1) is 18.4. The number of halogens is 2. The number of imidazole rings is 1. The van der Waals surface area contributed by atoms with Crippen LogP contribution in [0, 0.1) is 5.41 Å². The van der Waals surface area contributed by atoms with Crippen LogP contribution in [-0.2, 0) is 6.54 Å². The summed E-state index contributed by atoms with van der Waals surface area (Å²) in [6.07, 6.45) is 8.21. The Morgan fingerprint density at radius 2 is 1.95 bits per heavy atom. The molecule has 0 unspecified atom stereocenters. The number of alkyl halides is 2. The third kappa shape index (κ3) is 5.78. The van der Waals surface area contributed by atoms with E-state index in [4.69, 9.17) is 10.1 Å². The van der Waals surface area contributed by atoms with Crippen molar-refractivity contribution in [2.75, 3.05) is 38.6 Å². The average molecular weight is 519 g/mol. The van der Waals surface area contributed by atoms with E-state index in [0.717, 1.165) is 22.4 Å². The molecule has 1 aliphatic rings. The molecule has 3 N–H and O–H groups in total. The molecular formula is C27H28F2N8O. The summed E-state index contributed by atoms with van der Waals surface area (Å²) < 4.78 is 33.6. The molecule has 5 rings (SSSR count). The van der Waals surface area contributed by atoms with Gasteiger partial charge in [-0.2, -0.15) is 0 Å². The molecule has 0 bridgehead atoms. The number of likely N-dealkylation sites (tertiary alicyclic amines) is 1. The van der Waals surface area contributed by atoms with Crippen molar-refractivity contribution in [3.63, 3.8) is 0 Å². The number of allylic oxidation sites excluding steroid dienone is 1. The van der Waals surface area contributed by atoms with Gasteiger partial charge in [-0.05, 0) is 17.2 Å². The Hall–Kier alpha value is -4.38. The van der Waals surface area contributed by atoms with Crippen molar-refractivity contribution >= 4 is 23.3 Å². The Kier molecular flexibility index (Phi) is 7.27. The Morgan fingerprint density at radius 3 is 2.68 bits per heavy atom. The van der Waals surface area contributed by atoms with Gasteiger partial charge in [-0.25, -0.2) is 23.7 Å². The van der Waals surface area contributed by atoms with Crippen LogP contribution in [0.2, 0.25) is 0 Å². The van der Waals surface area contributed by atoms with Crippen molar-refractivity contribution in [3.05, 3.63) is 78.5 Å². The molecule has 4 aromatic rings. The van der Waals surface area contributed by atoms with Crippen LogP contribution in [0.1, 0.15) is 11.1 Å². The van der Waals surface area contributed by atoms with Crippen LogP contribution in [-0.4, -0.2) is 69.7 Å². The molecule has 0 atom stereocenters. The molecule has 1 fully saturated rings. The van der Waals surface area contributed by atoms with E-state index in [0.29, 0.717) is 42.6 Å². The van der Waals surface area contributed by atoms with Crippen molar-refractivity contribution < 1.29 is 13.5 Å². The minimum atomic E-state index is -2.57. The van der Waals surface area contributed by atoms with Crippen LogP contribution in [0.15, 0.2) is 67.4 Å². The van der Waals surface area contributed by atoms with E-state index in [1.165, 1.54) is 12.5 Å². The minimum Gasteiger partial charge on any atom is -0.492 e. The van der Waals surface area contributed by atoms with Gasteiger partial charge in [-0.3, -0.25) is 9.30 Å². The zero-order valence-corrected chi connectivity index (χ0v) is 20.9. The van der Waals surface area contributed by atoms with Crippen LogP contribution in [0.25, 0.3) is 22.6 Å². The number of benzene rings is 1. The average Bonchev–Trinajstić information content (AvgIpc) is 3.33. The van der Waals surface area contributed by atoms with Gasteiger partial charge in [0.05, 0.1) is 30.7 Å². The highest BCUT2D eigenvalue weighted by atomic mass is 19.3. The fraction of sp³-hybridized carbons (Fsp3) is 0.259. The summed E-state index contributed by atoms with van der Waals surface area (Å²) in [5, 5.41) is 13.8. The van der Waals surface area contributed by atoms with E-state index in [-0.39, 0.29) is 13.1 Å². The molecule has 9 nitrogen and oxygen atoms in total. The second-order valence-corrected chi connectivity index (χ2v) is 9.02. The molecule has 0 amide bonds. The van der Waals surface area contributed by atoms with E-state index < -0.39 is 5.92 Å². The van der Waals surface area contributed by atoms with Crippen molar-refractivity contribution in [2.24, 2.45) is 0 Å². The first-order valence-corrected chi connectivity index (χ1v) is 12.2. The quantitative estimate of drug-likeness (QED) is 0.259. The maximum Gasteiger partial charge on any atom is 0.272 e. The van der Waals surface area contributed by atoms with Crippen LogP contribution in [0.3, 0.4) is 0 Å². The molecule has 0 radical (unpaired) electrons. The number of hydrogen-bond acceptors (Lipinski definition) is 8. The fourth-order valence-corrected chi connectivity index (χ4v) is 4.27. The highest BCUT2D eigenvalue weighted by Crippen LogP contribution is 2.26. The number of nitrogens with one attached hydrogen (secondary N) is 3. The van der Waals surface area contributed by atoms with E-state index in [2.05, 4.69) is 25.6 Å². The van der Waals surface area contributed by atoms with Gasteiger partial charge in [-0.15, -0.1) is 0 Å². The molecule has 3 aromatic heterocycles. The Balaban J connectivity index is 1.21. The van der Waals surface area contributed by atoms with Crippen molar-refractivity contribution in [1.29, 1.82) is 5.41 Å². The molecule has 38 heavy (non-hydrogen) atoms. The molecule has 1 saturated heterocycles. The second kappa shape index (κ2) is 10.9. The predicted molar refractivity (Wildman–Crippen MR) is 143 cm³/mol. The summed E-state index contributed by atoms with van der Waals surface area (Å²) in [4.78, 5) is 14.9. The maximum absolute atomic E-state index is 13.0. The molecule has 196 valence electrons. The molecule has 1 aromatic carbocycles. The van der Waals surface area contributed by atoms with Gasteiger partial charge in [0, 0.05) is 56.5 Å². The summed E-state index contributed by atoms with van der Waals surface area (Å²) >= 11 is 0. The van der Waals surface area contributed by atoms with Gasteiger partial charge < -0.3 is 20.8 Å². The normalized spacial score (nSPS) is 15.2. The molecule has 1 aliphatic heterocycles. The molecule has 0 saturated carbocycles. The van der Waals surface area contributed by atoms with E-state index in [1.54, 1.807) is 17.3 Å². The monoisotopic (exact) mass is 518 g/mol. The summed E-state index contributed by atoms with van der Waals surface area (Å²) in [5.74, 6) is -1.25. The van der Waals surface area contributed by atoms with E-state index in [9.17, 15) is 8.78 Å². The maximum atomic E-state index is 13.0. The summed E-state index contributed by atoms with van der Waals surface area (Å²) in [6.45, 7) is 0.957. The molecule has 0 spiro atoms. The van der Waals surface area contributed by atoms with Crippen LogP contribution in [0.5, 0.6) is 5.75 Å². The highest BCUT2D eigenvalue weighted by Gasteiger charge is 2.43. The number of fused-ring (bicyclic) bond motifs is 1. The topological polar surface area (TPSA) is 103 Å². The first kappa shape index (κ1) is 25.3. The summed E-state index contributed by atoms with van der Waals surface area (Å²) in [7, 11) is 1.81. The smallest absolute Gasteiger partial charge is 0.272 e. The number of pyridine rings is 1. The van der Waals surface area contributed by atoms with Gasteiger partial charge in [0.15, 0.2) is 0 Å². The van der Waals surface area contributed by atoms with Gasteiger partial charge in [0.25, 0.3) is 5.92 Å². The van der Waals surface area contributed by atoms with Crippen LogP contribution < -0.4 is 15.4 Å². The van der Waals surface area contributed by atoms with E-state index in [1.807, 2.05) is 60.1 Å². The Bertz CT molecular complexity index is 1440. The highest BCUT2D eigenvalue weighted by molar-refractivity contribution is 6.08. The number of aromatic nitrogens is 4. The Labute approximate surface area is 218 Å². The summed E-state index contributed by atoms with van der Waals surface area (Å²) in [5.41, 5.74) is 5.05. The summed E-state index contributed by atoms with van der Waals surface area (Å²) in [6, 6.07) is 13.5. The van der Waals surface area contributed by atoms with Crippen molar-refractivity contribution in [1.82, 2.24) is 29.6 Å². The van der Waals surface area contributed by atoms with Gasteiger partial charge >= 0.3 is 0 Å². The Morgan fingerprint density at radius 1 is 1.13 bits per heavy atom. The number of ether oxygens (including phenoxy) is 1. The largest absolute Gasteiger partial charge is 0.492 e. The van der Waals surface area contributed by atoms with E-state index >= 15 is 0 Å². The SMILES string of the molecule is CN/C=C(\C=N)c1ccc(CNc2cc(-c3cnc4cc(OCCN5CC(F)(F)C5)ccn34)ncn2)cc1. The molecule has 0 aliphatic carbocycles. The molecule has 4 heterocycles. The number of anilines is 1. The lowest BCUT2D eigenvalue weighted by atomic mass is 10.1. The molecule has 11 heteroatoms. The third-order valence-corrected chi connectivity index (χ3v) is 6.22. The van der Waals surface area contributed by atoms with Gasteiger partial charge in [0.2, 0.25) is 0 Å². The number of nitrogens with zero attached hydrogens (tertiary/aromatic N) is 5. The third-order valence-electron chi connectivity index (χ3n) is 6.22. The van der Waals surface area contributed by atoms with Gasteiger partial charge in [0.1, 0.15) is 30.1 Å². The van der Waals surface area contributed by atoms with Crippen molar-refractivity contribution in [3.8, 4) is 17.1 Å². The number of hydrogen-bond donors (Lipinski definition) is 3. The predicted octanol–water partition coefficient (Wildman–Crippen LogP) is 3.94. The minimum absolute atomic E-state index is 0.206.